The fourth-order valence-corrected chi connectivity index (χ4v) is 5.58. The number of carbonyl (C=O) groups is 2. The Morgan fingerprint density at radius 2 is 1.85 bits per heavy atom. The summed E-state index contributed by atoms with van der Waals surface area (Å²) in [6, 6.07) is 20.0. The van der Waals surface area contributed by atoms with E-state index in [1.54, 1.807) is 36.5 Å². The molecule has 0 bridgehead atoms. The van der Waals surface area contributed by atoms with Crippen LogP contribution in [0.4, 0.5) is 10.1 Å². The van der Waals surface area contributed by atoms with E-state index in [4.69, 9.17) is 12.2 Å². The molecule has 1 amide bonds. The van der Waals surface area contributed by atoms with Crippen molar-refractivity contribution in [2.24, 2.45) is 0 Å². The Morgan fingerprint density at radius 3 is 2.58 bits per heavy atom. The molecule has 2 aromatic carbocycles. The van der Waals surface area contributed by atoms with E-state index >= 15 is 0 Å². The SMILES string of the molecule is Cc1cc([C@H]2[C@@H](c3ccccn3)NC(=S)N2CCC(=O)Nc2ccccc2F)c(C)n1-c1cccc(C(=O)O)c1. The highest BCUT2D eigenvalue weighted by Crippen LogP contribution is 2.41. The normalized spacial score (nSPS) is 16.6. The zero-order valence-corrected chi connectivity index (χ0v) is 22.8. The molecule has 40 heavy (non-hydrogen) atoms. The number of halogens is 1. The number of hydrogen-bond donors (Lipinski definition) is 3. The number of anilines is 1. The van der Waals surface area contributed by atoms with Crippen molar-refractivity contribution >= 4 is 34.9 Å². The fourth-order valence-electron chi connectivity index (χ4n) is 5.24. The van der Waals surface area contributed by atoms with E-state index in [-0.39, 0.29) is 42.2 Å². The van der Waals surface area contributed by atoms with Crippen LogP contribution >= 0.6 is 12.2 Å². The van der Waals surface area contributed by atoms with Crippen LogP contribution in [0.1, 0.15) is 51.5 Å². The number of thiocarbonyl (C=S) groups is 1. The number of aryl methyl sites for hydroxylation is 1. The van der Waals surface area contributed by atoms with E-state index in [1.165, 1.54) is 12.1 Å². The number of carboxylic acid groups (broad SMARTS) is 1. The molecule has 3 N–H and O–H groups in total. The zero-order valence-electron chi connectivity index (χ0n) is 22.0. The molecule has 204 valence electrons. The van der Waals surface area contributed by atoms with Gasteiger partial charge >= 0.3 is 5.97 Å². The smallest absolute Gasteiger partial charge is 0.335 e. The minimum absolute atomic E-state index is 0.0843. The predicted molar refractivity (Wildman–Crippen MR) is 154 cm³/mol. The molecular weight excluding hydrogens is 529 g/mol. The lowest BCUT2D eigenvalue weighted by molar-refractivity contribution is -0.116. The van der Waals surface area contributed by atoms with Crippen LogP contribution in [0.3, 0.4) is 0 Å². The Morgan fingerprint density at radius 1 is 1.07 bits per heavy atom. The first-order chi connectivity index (χ1) is 19.2. The van der Waals surface area contributed by atoms with Gasteiger partial charge in [0.25, 0.3) is 0 Å². The summed E-state index contributed by atoms with van der Waals surface area (Å²) in [5.41, 5.74) is 4.67. The fraction of sp³-hybridized carbons (Fsp3) is 0.200. The highest BCUT2D eigenvalue weighted by molar-refractivity contribution is 7.80. The number of benzene rings is 2. The van der Waals surface area contributed by atoms with Gasteiger partial charge in [-0.1, -0.05) is 24.3 Å². The van der Waals surface area contributed by atoms with E-state index < -0.39 is 11.8 Å². The molecule has 8 nitrogen and oxygen atoms in total. The van der Waals surface area contributed by atoms with E-state index in [1.807, 2.05) is 47.6 Å². The molecule has 0 unspecified atom stereocenters. The van der Waals surface area contributed by atoms with Crippen molar-refractivity contribution in [3.63, 3.8) is 0 Å². The quantitative estimate of drug-likeness (QED) is 0.252. The van der Waals surface area contributed by atoms with Crippen LogP contribution in [0.5, 0.6) is 0 Å². The zero-order chi connectivity index (χ0) is 28.4. The van der Waals surface area contributed by atoms with E-state index in [9.17, 15) is 19.1 Å². The van der Waals surface area contributed by atoms with Crippen LogP contribution in [-0.2, 0) is 4.79 Å². The van der Waals surface area contributed by atoms with Gasteiger partial charge in [-0.25, -0.2) is 9.18 Å². The number of rotatable bonds is 8. The predicted octanol–water partition coefficient (Wildman–Crippen LogP) is 5.33. The summed E-state index contributed by atoms with van der Waals surface area (Å²) in [5.74, 6) is -1.82. The molecule has 0 spiro atoms. The lowest BCUT2D eigenvalue weighted by Gasteiger charge is -2.28. The molecule has 3 heterocycles. The average Bonchev–Trinajstić information content (AvgIpc) is 3.43. The van der Waals surface area contributed by atoms with Gasteiger partial charge in [0.1, 0.15) is 5.82 Å². The molecule has 1 fully saturated rings. The van der Waals surface area contributed by atoms with Gasteiger partial charge in [0, 0.05) is 36.2 Å². The second-order valence-electron chi connectivity index (χ2n) is 9.62. The van der Waals surface area contributed by atoms with Crippen molar-refractivity contribution in [1.82, 2.24) is 19.8 Å². The summed E-state index contributed by atoms with van der Waals surface area (Å²) in [6.07, 6.45) is 1.81. The van der Waals surface area contributed by atoms with Crippen LogP contribution in [0.2, 0.25) is 0 Å². The van der Waals surface area contributed by atoms with Gasteiger partial charge in [0.2, 0.25) is 5.91 Å². The minimum atomic E-state index is -0.995. The molecule has 1 saturated heterocycles. The van der Waals surface area contributed by atoms with Crippen LogP contribution in [0, 0.1) is 19.7 Å². The number of para-hydroxylation sites is 1. The maximum absolute atomic E-state index is 14.1. The van der Waals surface area contributed by atoms with Gasteiger partial charge in [-0.3, -0.25) is 9.78 Å². The number of nitrogens with one attached hydrogen (secondary N) is 2. The molecular formula is C30H28FN5O3S. The van der Waals surface area contributed by atoms with Crippen molar-refractivity contribution in [2.45, 2.75) is 32.4 Å². The molecule has 4 aromatic rings. The highest BCUT2D eigenvalue weighted by atomic mass is 32.1. The second-order valence-corrected chi connectivity index (χ2v) is 10.0. The lowest BCUT2D eigenvalue weighted by atomic mass is 9.96. The number of aromatic carboxylic acids is 1. The van der Waals surface area contributed by atoms with E-state index in [0.29, 0.717) is 5.11 Å². The van der Waals surface area contributed by atoms with Gasteiger partial charge in [-0.05, 0) is 80.2 Å². The Labute approximate surface area is 236 Å². The Hall–Kier alpha value is -4.57. The number of amides is 1. The molecule has 2 atom stereocenters. The molecule has 1 aliphatic rings. The van der Waals surface area contributed by atoms with Crippen molar-refractivity contribution in [2.75, 3.05) is 11.9 Å². The molecule has 1 aliphatic heterocycles. The van der Waals surface area contributed by atoms with Gasteiger partial charge in [-0.2, -0.15) is 0 Å². The summed E-state index contributed by atoms with van der Waals surface area (Å²) >= 11 is 5.74. The second kappa shape index (κ2) is 11.3. The Bertz CT molecular complexity index is 1590. The number of carbonyl (C=O) groups excluding carboxylic acids is 1. The van der Waals surface area contributed by atoms with Crippen molar-refractivity contribution in [3.05, 3.63) is 113 Å². The first-order valence-corrected chi connectivity index (χ1v) is 13.2. The third-order valence-corrected chi connectivity index (χ3v) is 7.42. The van der Waals surface area contributed by atoms with Crippen molar-refractivity contribution in [1.29, 1.82) is 0 Å². The molecule has 0 aliphatic carbocycles. The first-order valence-electron chi connectivity index (χ1n) is 12.8. The van der Waals surface area contributed by atoms with Gasteiger partial charge < -0.3 is 25.2 Å². The monoisotopic (exact) mass is 557 g/mol. The molecule has 0 radical (unpaired) electrons. The van der Waals surface area contributed by atoms with Crippen molar-refractivity contribution < 1.29 is 19.1 Å². The highest BCUT2D eigenvalue weighted by Gasteiger charge is 2.41. The van der Waals surface area contributed by atoms with Gasteiger partial charge in [0.15, 0.2) is 5.11 Å². The van der Waals surface area contributed by atoms with Crippen molar-refractivity contribution in [3.8, 4) is 5.69 Å². The largest absolute Gasteiger partial charge is 0.478 e. The lowest BCUT2D eigenvalue weighted by Crippen LogP contribution is -2.33. The molecule has 5 rings (SSSR count). The number of aromatic nitrogens is 2. The maximum atomic E-state index is 14.1. The van der Waals surface area contributed by atoms with E-state index in [2.05, 4.69) is 21.7 Å². The topological polar surface area (TPSA) is 99.5 Å². The van der Waals surface area contributed by atoms with Crippen LogP contribution < -0.4 is 10.6 Å². The number of hydrogen-bond acceptors (Lipinski definition) is 4. The molecule has 2 aromatic heterocycles. The van der Waals surface area contributed by atoms with Crippen LogP contribution in [0.15, 0.2) is 79.0 Å². The standard InChI is InChI=1S/C30H28FN5O3S/c1-18-16-22(19(2)36(18)21-9-7-8-20(17-21)29(38)39)28-27(25-12-5-6-14-32-25)34-30(40)35(28)15-13-26(37)33-24-11-4-3-10-23(24)31/h3-12,14,16-17,27-28H,13,15H2,1-2H3,(H,33,37)(H,34,40)(H,38,39)/t27-,28+/m1/s1. The average molecular weight is 558 g/mol. The van der Waals surface area contributed by atoms with Gasteiger partial charge in [0.05, 0.1) is 29.0 Å². The Kier molecular flexibility index (Phi) is 7.61. The summed E-state index contributed by atoms with van der Waals surface area (Å²) in [6.45, 7) is 4.24. The summed E-state index contributed by atoms with van der Waals surface area (Å²) in [4.78, 5) is 30.9. The minimum Gasteiger partial charge on any atom is -0.478 e. The summed E-state index contributed by atoms with van der Waals surface area (Å²) in [5, 5.41) is 16.0. The maximum Gasteiger partial charge on any atom is 0.335 e. The molecule has 10 heteroatoms. The number of carboxylic acids is 1. The van der Waals surface area contributed by atoms with Gasteiger partial charge in [-0.15, -0.1) is 0 Å². The number of nitrogens with zero attached hydrogens (tertiary/aromatic N) is 3. The third-order valence-electron chi connectivity index (χ3n) is 7.07. The summed E-state index contributed by atoms with van der Waals surface area (Å²) < 4.78 is 16.1. The first kappa shape index (κ1) is 27.0. The van der Waals surface area contributed by atoms with Crippen LogP contribution in [0.25, 0.3) is 5.69 Å². The Balaban J connectivity index is 1.49. The number of pyridine rings is 1. The molecule has 0 saturated carbocycles. The summed E-state index contributed by atoms with van der Waals surface area (Å²) in [7, 11) is 0. The third kappa shape index (κ3) is 5.30. The van der Waals surface area contributed by atoms with Crippen LogP contribution in [-0.4, -0.2) is 43.1 Å². The van der Waals surface area contributed by atoms with E-state index in [0.717, 1.165) is 28.3 Å².